The molecule has 0 fully saturated rings. The van der Waals surface area contributed by atoms with Crippen LogP contribution in [0.1, 0.15) is 110 Å². The molecule has 8 bridgehead atoms. The number of aromatic nitrogens is 5. The van der Waals surface area contributed by atoms with Crippen molar-refractivity contribution < 1.29 is 37.6 Å². The third-order valence-corrected chi connectivity index (χ3v) is 10.5. The summed E-state index contributed by atoms with van der Waals surface area (Å²) in [7, 11) is 0. The van der Waals surface area contributed by atoms with Crippen LogP contribution in [0.3, 0.4) is 0 Å². The molecule has 6 heterocycles. The Kier molecular flexibility index (Phi) is 11.4. The Balaban J connectivity index is 1.40. The van der Waals surface area contributed by atoms with Crippen LogP contribution >= 0.6 is 22.7 Å². The maximum atomic E-state index is 13.6. The molecule has 7 N–H and O–H groups in total. The topological polar surface area (TPSA) is 279 Å². The van der Waals surface area contributed by atoms with Crippen molar-refractivity contribution in [1.82, 2.24) is 51.5 Å². The molecule has 19 nitrogen and oxygen atoms in total. The Morgan fingerprint density at radius 2 is 1.51 bits per heavy atom. The van der Waals surface area contributed by atoms with Crippen LogP contribution in [0.2, 0.25) is 0 Å². The zero-order valence-electron chi connectivity index (χ0n) is 31.4. The summed E-state index contributed by atoms with van der Waals surface area (Å²) < 4.78 is 11.7. The fourth-order valence-corrected chi connectivity index (χ4v) is 7.16. The summed E-state index contributed by atoms with van der Waals surface area (Å²) >= 11 is 2.21. The second-order valence-electron chi connectivity index (χ2n) is 13.3. The van der Waals surface area contributed by atoms with Gasteiger partial charge in [-0.05, 0) is 45.7 Å². The van der Waals surface area contributed by atoms with Crippen LogP contribution in [0.25, 0.3) is 22.0 Å². The number of nitrogens with one attached hydrogen (secondary N) is 5. The second kappa shape index (κ2) is 16.2. The minimum Gasteiger partial charge on any atom is -0.443 e. The average molecular weight is 816 g/mol. The van der Waals surface area contributed by atoms with E-state index in [0.29, 0.717) is 22.0 Å². The monoisotopic (exact) mass is 815 g/mol. The Labute approximate surface area is 332 Å². The summed E-state index contributed by atoms with van der Waals surface area (Å²) in [5.74, 6) is -3.63. The van der Waals surface area contributed by atoms with Crippen molar-refractivity contribution in [2.24, 2.45) is 11.7 Å². The zero-order valence-corrected chi connectivity index (χ0v) is 33.1. The van der Waals surface area contributed by atoms with Gasteiger partial charge in [-0.3, -0.25) is 28.8 Å². The number of carbonyl (C=O) groups is 6. The molecule has 1 aliphatic rings. The number of pyridine rings is 1. The minimum absolute atomic E-state index is 0.00414. The van der Waals surface area contributed by atoms with Crippen molar-refractivity contribution in [3.05, 3.63) is 86.3 Å². The lowest BCUT2D eigenvalue weighted by Gasteiger charge is -2.20. The Morgan fingerprint density at radius 3 is 2.23 bits per heavy atom. The fourth-order valence-electron chi connectivity index (χ4n) is 5.55. The second-order valence-corrected chi connectivity index (χ2v) is 15.0. The van der Waals surface area contributed by atoms with Crippen LogP contribution in [0.4, 0.5) is 0 Å². The van der Waals surface area contributed by atoms with E-state index in [9.17, 15) is 28.8 Å². The maximum absolute atomic E-state index is 13.6. The van der Waals surface area contributed by atoms with Gasteiger partial charge >= 0.3 is 0 Å². The first kappa shape index (κ1) is 40.1. The number of fused-ring (bicyclic) bond motifs is 11. The highest BCUT2D eigenvalue weighted by Crippen LogP contribution is 2.35. The molecule has 0 spiro atoms. The van der Waals surface area contributed by atoms with Gasteiger partial charge in [0.1, 0.15) is 62.1 Å². The first-order valence-corrected chi connectivity index (χ1v) is 19.1. The van der Waals surface area contributed by atoms with E-state index in [0.717, 1.165) is 11.3 Å². The highest BCUT2D eigenvalue weighted by atomic mass is 32.1. The van der Waals surface area contributed by atoms with Crippen molar-refractivity contribution in [2.45, 2.75) is 66.2 Å². The molecule has 0 aliphatic carbocycles. The Hall–Kier alpha value is -6.61. The van der Waals surface area contributed by atoms with E-state index in [4.69, 9.17) is 14.6 Å². The van der Waals surface area contributed by atoms with E-state index in [1.54, 1.807) is 53.0 Å². The molecule has 0 radical (unpaired) electrons. The number of nitrogens with zero attached hydrogens (tertiary/aromatic N) is 5. The molecule has 0 unspecified atom stereocenters. The van der Waals surface area contributed by atoms with Gasteiger partial charge in [0, 0.05) is 16.3 Å². The van der Waals surface area contributed by atoms with E-state index in [-0.39, 0.29) is 69.2 Å². The van der Waals surface area contributed by atoms with Gasteiger partial charge < -0.3 is 41.2 Å². The summed E-state index contributed by atoms with van der Waals surface area (Å²) in [6, 6.07) is 0.560. The predicted octanol–water partition coefficient (Wildman–Crippen LogP) is 3.02. The lowest BCUT2D eigenvalue weighted by molar-refractivity contribution is -0.124. The number of carbonyl (C=O) groups excluding carboxylic acids is 6. The molecule has 0 aromatic carbocycles. The SMILES string of the molecule is C=C(NC(=O)c1ccc2c(n1)-c1nc(cs1)C(=O)N[C@@H](C(C)C)C(=O)NCc1nc(c(C)o1)C(=O)N[C@@H](C)c1nc(cs1)C(=O)N[C@@H](C)c1nc-2c(C)o1)C(N)=O. The first-order chi connectivity index (χ1) is 27.0. The molecular formula is C36H37N11O8S2. The molecule has 0 saturated heterocycles. The van der Waals surface area contributed by atoms with E-state index in [1.807, 2.05) is 0 Å². The van der Waals surface area contributed by atoms with Gasteiger partial charge in [0.05, 0.1) is 18.3 Å². The molecule has 5 aromatic rings. The molecule has 57 heavy (non-hydrogen) atoms. The summed E-state index contributed by atoms with van der Waals surface area (Å²) in [4.78, 5) is 101. The standard InChI is InChI=1S/C36H37N11O8S2/c1-13(2)24-32(52)38-10-23-45-26(18(7)54-23)33(53)41-16(5)35-43-21(11-56-35)30(50)40-15(4)34-47-25(17(6)55-34)19-8-9-20(29(49)39-14(3)28(37)48)42-27(19)36-44-22(12-57-36)31(51)46-24/h8-9,11-13,15-16,24H,3,10H2,1-2,4-7H3,(H2,37,48)(H,38,52)(H,39,49)(H,40,50)(H,41,53)(H,46,51)/t15-,16-,24-/m0/s1. The van der Waals surface area contributed by atoms with Crippen molar-refractivity contribution >= 4 is 58.1 Å². The maximum Gasteiger partial charge on any atom is 0.274 e. The third-order valence-electron chi connectivity index (χ3n) is 8.59. The number of rotatable bonds is 4. The number of primary amides is 1. The number of aryl methyl sites for hydroxylation is 2. The number of oxazole rings is 2. The van der Waals surface area contributed by atoms with Gasteiger partial charge in [0.15, 0.2) is 5.69 Å². The van der Waals surface area contributed by atoms with Gasteiger partial charge in [-0.2, -0.15) is 0 Å². The van der Waals surface area contributed by atoms with Crippen LogP contribution in [0, 0.1) is 19.8 Å². The molecule has 21 heteroatoms. The molecule has 1 aliphatic heterocycles. The van der Waals surface area contributed by atoms with Crippen LogP contribution < -0.4 is 32.3 Å². The molecule has 0 saturated carbocycles. The fraction of sp³-hybridized carbons (Fsp3) is 0.306. The van der Waals surface area contributed by atoms with Gasteiger partial charge in [0.25, 0.3) is 29.5 Å². The largest absolute Gasteiger partial charge is 0.443 e. The quantitative estimate of drug-likeness (QED) is 0.143. The van der Waals surface area contributed by atoms with Crippen LogP contribution in [0.15, 0.2) is 44.0 Å². The number of hydrogen-bond acceptors (Lipinski definition) is 15. The van der Waals surface area contributed by atoms with Crippen LogP contribution in [-0.2, 0) is 16.1 Å². The highest BCUT2D eigenvalue weighted by Gasteiger charge is 2.29. The molecule has 6 amide bonds. The average Bonchev–Trinajstić information content (AvgIpc) is 3.99. The number of thiazole rings is 2. The van der Waals surface area contributed by atoms with Crippen molar-refractivity contribution in [3.8, 4) is 22.0 Å². The number of amides is 6. The Bertz CT molecular complexity index is 2450. The van der Waals surface area contributed by atoms with Crippen molar-refractivity contribution in [3.63, 3.8) is 0 Å². The summed E-state index contributed by atoms with van der Waals surface area (Å²) in [5.41, 5.74) is 5.61. The van der Waals surface area contributed by atoms with Crippen LogP contribution in [0.5, 0.6) is 0 Å². The van der Waals surface area contributed by atoms with Gasteiger partial charge in [-0.1, -0.05) is 20.4 Å². The summed E-state index contributed by atoms with van der Waals surface area (Å²) in [6.07, 6.45) is 0. The molecule has 3 atom stereocenters. The normalized spacial score (nSPS) is 17.8. The highest BCUT2D eigenvalue weighted by molar-refractivity contribution is 7.13. The zero-order chi connectivity index (χ0) is 41.3. The van der Waals surface area contributed by atoms with Gasteiger partial charge in [-0.15, -0.1) is 22.7 Å². The molecular weight excluding hydrogens is 779 g/mol. The number of hydrogen-bond donors (Lipinski definition) is 6. The van der Waals surface area contributed by atoms with E-state index < -0.39 is 53.6 Å². The molecule has 296 valence electrons. The molecule has 6 rings (SSSR count). The predicted molar refractivity (Wildman–Crippen MR) is 204 cm³/mol. The van der Waals surface area contributed by atoms with Crippen molar-refractivity contribution in [1.29, 1.82) is 0 Å². The number of nitrogens with two attached hydrogens (primary N) is 1. The van der Waals surface area contributed by atoms with Gasteiger partial charge in [-0.25, -0.2) is 24.9 Å². The third kappa shape index (κ3) is 8.63. The minimum atomic E-state index is -1.01. The van der Waals surface area contributed by atoms with E-state index in [1.165, 1.54) is 22.8 Å². The van der Waals surface area contributed by atoms with Crippen molar-refractivity contribution in [2.75, 3.05) is 0 Å². The smallest absolute Gasteiger partial charge is 0.274 e. The Morgan fingerprint density at radius 1 is 0.842 bits per heavy atom. The van der Waals surface area contributed by atoms with Crippen LogP contribution in [-0.4, -0.2) is 66.4 Å². The first-order valence-electron chi connectivity index (χ1n) is 17.4. The lowest BCUT2D eigenvalue weighted by Crippen LogP contribution is -2.49. The lowest BCUT2D eigenvalue weighted by atomic mass is 10.0. The van der Waals surface area contributed by atoms with E-state index >= 15 is 0 Å². The molecule has 5 aromatic heterocycles. The summed E-state index contributed by atoms with van der Waals surface area (Å²) in [6.45, 7) is 13.4. The van der Waals surface area contributed by atoms with Gasteiger partial charge in [0.2, 0.25) is 17.7 Å². The summed E-state index contributed by atoms with van der Waals surface area (Å²) in [5, 5.41) is 17.0. The van der Waals surface area contributed by atoms with E-state index in [2.05, 4.69) is 58.1 Å².